The highest BCUT2D eigenvalue weighted by Gasteiger charge is 2.43. The zero-order valence-corrected chi connectivity index (χ0v) is 20.6. The fourth-order valence-corrected chi connectivity index (χ4v) is 5.25. The van der Waals surface area contributed by atoms with Gasteiger partial charge in [0.1, 0.15) is 11.5 Å². The first kappa shape index (κ1) is 23.9. The Kier molecular flexibility index (Phi) is 7.29. The lowest BCUT2D eigenvalue weighted by molar-refractivity contribution is -0.136. The fourth-order valence-electron chi connectivity index (χ4n) is 5.25. The molecule has 7 nitrogen and oxygen atoms in total. The van der Waals surface area contributed by atoms with Crippen molar-refractivity contribution < 1.29 is 19.1 Å². The van der Waals surface area contributed by atoms with Gasteiger partial charge in [-0.05, 0) is 36.8 Å². The predicted octanol–water partition coefficient (Wildman–Crippen LogP) is 3.31. The highest BCUT2D eigenvalue weighted by atomic mass is 16.5. The number of anilines is 1. The van der Waals surface area contributed by atoms with Gasteiger partial charge in [0.25, 0.3) is 0 Å². The first-order valence-electron chi connectivity index (χ1n) is 12.1. The van der Waals surface area contributed by atoms with E-state index >= 15 is 0 Å². The van der Waals surface area contributed by atoms with Gasteiger partial charge in [-0.2, -0.15) is 0 Å². The molecule has 2 aromatic carbocycles. The maximum Gasteiger partial charge on any atom is 0.228 e. The zero-order chi connectivity index (χ0) is 24.2. The molecular weight excluding hydrogens is 430 g/mol. The average molecular weight is 466 g/mol. The molecule has 2 aliphatic heterocycles. The Bertz CT molecular complexity index is 1030. The Morgan fingerprint density at radius 3 is 2.32 bits per heavy atom. The summed E-state index contributed by atoms with van der Waals surface area (Å²) in [7, 11) is 3.26. The number of aryl methyl sites for hydroxylation is 1. The normalized spacial score (nSPS) is 20.4. The standard InChI is InChI=1S/C27H35N3O4/c1-5-26(31)30-17-22(21-16-20(33-3)10-11-25(21)34-4)23(18-30)27(32)29-14-12-28(13-15-29)24-9-7-6-8-19(24)2/h6-11,16,22-23H,5,12-15,17-18H2,1-4H3/t22-,23+/m0/s1. The lowest BCUT2D eigenvalue weighted by atomic mass is 9.87. The molecule has 0 aliphatic carbocycles. The third-order valence-corrected chi connectivity index (χ3v) is 7.18. The summed E-state index contributed by atoms with van der Waals surface area (Å²) in [5.74, 6) is 1.19. The lowest BCUT2D eigenvalue weighted by Crippen LogP contribution is -2.51. The lowest BCUT2D eigenvalue weighted by Gasteiger charge is -2.38. The Hall–Kier alpha value is -3.22. The van der Waals surface area contributed by atoms with Gasteiger partial charge in [0, 0.05) is 62.9 Å². The number of benzene rings is 2. The van der Waals surface area contributed by atoms with Crippen molar-refractivity contribution in [1.82, 2.24) is 9.80 Å². The van der Waals surface area contributed by atoms with Gasteiger partial charge in [-0.3, -0.25) is 9.59 Å². The van der Waals surface area contributed by atoms with Crippen molar-refractivity contribution in [3.63, 3.8) is 0 Å². The number of carbonyl (C=O) groups excluding carboxylic acids is 2. The Labute approximate surface area is 202 Å². The second-order valence-corrected chi connectivity index (χ2v) is 9.07. The number of methoxy groups -OCH3 is 2. The van der Waals surface area contributed by atoms with E-state index in [2.05, 4.69) is 36.1 Å². The molecule has 0 saturated carbocycles. The number of carbonyl (C=O) groups is 2. The SMILES string of the molecule is CCC(=O)N1C[C@@H](C(=O)N2CCN(c3ccccc3C)CC2)[C@H](c2cc(OC)ccc2OC)C1. The maximum atomic E-state index is 13.8. The van der Waals surface area contributed by atoms with Crippen LogP contribution in [0.5, 0.6) is 11.5 Å². The van der Waals surface area contributed by atoms with Crippen molar-refractivity contribution in [2.24, 2.45) is 5.92 Å². The van der Waals surface area contributed by atoms with Gasteiger partial charge >= 0.3 is 0 Å². The second-order valence-electron chi connectivity index (χ2n) is 9.07. The van der Waals surface area contributed by atoms with E-state index in [1.807, 2.05) is 34.9 Å². The summed E-state index contributed by atoms with van der Waals surface area (Å²) in [4.78, 5) is 32.5. The van der Waals surface area contributed by atoms with Crippen molar-refractivity contribution >= 4 is 17.5 Å². The highest BCUT2D eigenvalue weighted by molar-refractivity contribution is 5.84. The molecule has 2 aliphatic rings. The van der Waals surface area contributed by atoms with Crippen molar-refractivity contribution in [3.05, 3.63) is 53.6 Å². The molecule has 0 radical (unpaired) electrons. The minimum Gasteiger partial charge on any atom is -0.497 e. The van der Waals surface area contributed by atoms with E-state index in [9.17, 15) is 9.59 Å². The molecule has 2 saturated heterocycles. The monoisotopic (exact) mass is 465 g/mol. The fraction of sp³-hybridized carbons (Fsp3) is 0.481. The van der Waals surface area contributed by atoms with E-state index < -0.39 is 0 Å². The molecule has 0 unspecified atom stereocenters. The number of ether oxygens (including phenoxy) is 2. The molecule has 2 heterocycles. The molecule has 182 valence electrons. The molecule has 0 aromatic heterocycles. The second kappa shape index (κ2) is 10.4. The average Bonchev–Trinajstić information content (AvgIpc) is 3.33. The smallest absolute Gasteiger partial charge is 0.228 e. The largest absolute Gasteiger partial charge is 0.497 e. The molecule has 2 atom stereocenters. The van der Waals surface area contributed by atoms with E-state index in [-0.39, 0.29) is 23.7 Å². The number of rotatable bonds is 6. The molecule has 2 aromatic rings. The quantitative estimate of drug-likeness (QED) is 0.655. The van der Waals surface area contributed by atoms with Crippen LogP contribution < -0.4 is 14.4 Å². The van der Waals surface area contributed by atoms with Crippen molar-refractivity contribution in [1.29, 1.82) is 0 Å². The van der Waals surface area contributed by atoms with E-state index in [0.29, 0.717) is 38.3 Å². The summed E-state index contributed by atoms with van der Waals surface area (Å²) in [6.45, 7) is 7.88. The highest BCUT2D eigenvalue weighted by Crippen LogP contribution is 2.40. The zero-order valence-electron chi connectivity index (χ0n) is 20.6. The van der Waals surface area contributed by atoms with Gasteiger partial charge in [0.05, 0.1) is 20.1 Å². The van der Waals surface area contributed by atoms with Gasteiger partial charge in [-0.15, -0.1) is 0 Å². The number of amides is 2. The van der Waals surface area contributed by atoms with Crippen LogP contribution in [0.3, 0.4) is 0 Å². The van der Waals surface area contributed by atoms with E-state index in [0.717, 1.165) is 24.4 Å². The minimum absolute atomic E-state index is 0.0755. The topological polar surface area (TPSA) is 62.3 Å². The van der Waals surface area contributed by atoms with Crippen molar-refractivity contribution in [3.8, 4) is 11.5 Å². The van der Waals surface area contributed by atoms with Crippen LogP contribution >= 0.6 is 0 Å². The van der Waals surface area contributed by atoms with Crippen molar-refractivity contribution in [2.45, 2.75) is 26.2 Å². The van der Waals surface area contributed by atoms with Crippen LogP contribution in [0.15, 0.2) is 42.5 Å². The summed E-state index contributed by atoms with van der Waals surface area (Å²) in [5.41, 5.74) is 3.40. The molecule has 2 amide bonds. The number of likely N-dealkylation sites (tertiary alicyclic amines) is 1. The van der Waals surface area contributed by atoms with Crippen LogP contribution in [0.2, 0.25) is 0 Å². The maximum absolute atomic E-state index is 13.8. The van der Waals surface area contributed by atoms with Crippen LogP contribution in [-0.2, 0) is 9.59 Å². The predicted molar refractivity (Wildman–Crippen MR) is 133 cm³/mol. The van der Waals surface area contributed by atoms with Gasteiger partial charge < -0.3 is 24.2 Å². The van der Waals surface area contributed by atoms with Gasteiger partial charge in [0.15, 0.2) is 0 Å². The molecule has 34 heavy (non-hydrogen) atoms. The van der Waals surface area contributed by atoms with E-state index in [1.165, 1.54) is 11.3 Å². The Morgan fingerprint density at radius 1 is 0.941 bits per heavy atom. The third kappa shape index (κ3) is 4.69. The molecule has 4 rings (SSSR count). The molecule has 0 spiro atoms. The molecule has 7 heteroatoms. The molecule has 2 fully saturated rings. The Morgan fingerprint density at radius 2 is 1.68 bits per heavy atom. The third-order valence-electron chi connectivity index (χ3n) is 7.18. The van der Waals surface area contributed by atoms with Crippen LogP contribution in [-0.4, -0.2) is 75.1 Å². The number of para-hydroxylation sites is 1. The molecule has 0 bridgehead atoms. The molecule has 0 N–H and O–H groups in total. The Balaban J connectivity index is 1.55. The van der Waals surface area contributed by atoms with E-state index in [1.54, 1.807) is 14.2 Å². The van der Waals surface area contributed by atoms with E-state index in [4.69, 9.17) is 9.47 Å². The van der Waals surface area contributed by atoms with Crippen LogP contribution in [0.4, 0.5) is 5.69 Å². The minimum atomic E-state index is -0.304. The van der Waals surface area contributed by atoms with Crippen LogP contribution in [0.25, 0.3) is 0 Å². The summed E-state index contributed by atoms with van der Waals surface area (Å²) in [6.07, 6.45) is 0.429. The van der Waals surface area contributed by atoms with Gasteiger partial charge in [-0.25, -0.2) is 0 Å². The summed E-state index contributed by atoms with van der Waals surface area (Å²) >= 11 is 0. The first-order valence-corrected chi connectivity index (χ1v) is 12.1. The first-order chi connectivity index (χ1) is 16.5. The van der Waals surface area contributed by atoms with Crippen molar-refractivity contribution in [2.75, 3.05) is 58.4 Å². The summed E-state index contributed by atoms with van der Waals surface area (Å²) in [6, 6.07) is 14.0. The number of piperazine rings is 1. The number of hydrogen-bond donors (Lipinski definition) is 0. The van der Waals surface area contributed by atoms with Gasteiger partial charge in [-0.1, -0.05) is 25.1 Å². The van der Waals surface area contributed by atoms with Gasteiger partial charge in [0.2, 0.25) is 11.8 Å². The summed E-state index contributed by atoms with van der Waals surface area (Å²) < 4.78 is 11.1. The van der Waals surface area contributed by atoms with Crippen LogP contribution in [0.1, 0.15) is 30.4 Å². The molecular formula is C27H35N3O4. The summed E-state index contributed by atoms with van der Waals surface area (Å²) in [5, 5.41) is 0. The van der Waals surface area contributed by atoms with Crippen LogP contribution in [0, 0.1) is 12.8 Å². The number of hydrogen-bond acceptors (Lipinski definition) is 5. The number of nitrogens with zero attached hydrogens (tertiary/aromatic N) is 3.